The fourth-order valence-corrected chi connectivity index (χ4v) is 11.6. The Balaban J connectivity index is 0.800. The van der Waals surface area contributed by atoms with Crippen LogP contribution in [0, 0.1) is 0 Å². The van der Waals surface area contributed by atoms with Gasteiger partial charge < -0.3 is 39.2 Å². The van der Waals surface area contributed by atoms with Gasteiger partial charge >= 0.3 is 0 Å². The van der Waals surface area contributed by atoms with Crippen LogP contribution in [0.15, 0.2) is 148 Å². The lowest BCUT2D eigenvalue weighted by Crippen LogP contribution is -2.40. The average molecular weight is 981 g/mol. The molecule has 5 heterocycles. The zero-order valence-corrected chi connectivity index (χ0v) is 40.8. The normalized spacial score (nSPS) is 22.9. The molecule has 6 atom stereocenters. The molecule has 0 radical (unpaired) electrons. The highest BCUT2D eigenvalue weighted by atomic mass is 33.1. The van der Waals surface area contributed by atoms with Gasteiger partial charge in [0.1, 0.15) is 35.2 Å². The van der Waals surface area contributed by atoms with Crippen molar-refractivity contribution in [3.05, 3.63) is 160 Å². The predicted octanol–water partition coefficient (Wildman–Crippen LogP) is 7.24. The van der Waals surface area contributed by atoms with Crippen molar-refractivity contribution in [3.63, 3.8) is 0 Å². The van der Waals surface area contributed by atoms with Crippen molar-refractivity contribution in [2.24, 2.45) is 4.99 Å². The van der Waals surface area contributed by atoms with E-state index in [1.807, 2.05) is 113 Å². The lowest BCUT2D eigenvalue weighted by atomic mass is 9.97. The van der Waals surface area contributed by atoms with Crippen LogP contribution in [0.2, 0.25) is 0 Å². The molecule has 3 amide bonds. The van der Waals surface area contributed by atoms with Crippen LogP contribution in [0.1, 0.15) is 41.5 Å². The number of carbonyl (C=O) groups is 3. The summed E-state index contributed by atoms with van der Waals surface area (Å²) in [6, 6.07) is 27.7. The number of anilines is 2. The predicted molar refractivity (Wildman–Crippen MR) is 272 cm³/mol. The van der Waals surface area contributed by atoms with E-state index in [1.54, 1.807) is 42.0 Å². The lowest BCUT2D eigenvalue weighted by Gasteiger charge is -2.29. The smallest absolute Gasteiger partial charge is 0.260 e. The van der Waals surface area contributed by atoms with Gasteiger partial charge in [0.2, 0.25) is 5.91 Å². The summed E-state index contributed by atoms with van der Waals surface area (Å²) < 4.78 is 31.4. The van der Waals surface area contributed by atoms with E-state index in [0.717, 1.165) is 51.0 Å². The zero-order chi connectivity index (χ0) is 48.0. The number of methoxy groups -OCH3 is 2. The second-order valence-corrected chi connectivity index (χ2v) is 20.3. The lowest BCUT2D eigenvalue weighted by molar-refractivity contribution is -0.121. The maximum atomic E-state index is 14.1. The number of carbonyl (C=O) groups excluding carboxylic acids is 3. The number of nitrogens with one attached hydrogen (secondary N) is 2. The van der Waals surface area contributed by atoms with Crippen LogP contribution in [0.3, 0.4) is 0 Å². The number of pyridine rings is 1. The number of fused-ring (bicyclic) bond motifs is 8. The van der Waals surface area contributed by atoms with E-state index in [2.05, 4.69) is 27.8 Å². The van der Waals surface area contributed by atoms with E-state index in [4.69, 9.17) is 28.7 Å². The van der Waals surface area contributed by atoms with Gasteiger partial charge in [-0.05, 0) is 113 Å². The van der Waals surface area contributed by atoms with Gasteiger partial charge in [-0.1, -0.05) is 59.3 Å². The van der Waals surface area contributed by atoms with Gasteiger partial charge in [-0.15, -0.1) is 0 Å². The molecule has 14 nitrogen and oxygen atoms in total. The molecule has 362 valence electrons. The number of hydrogen-bond donors (Lipinski definition) is 2. The molecule has 16 heteroatoms. The molecule has 1 fully saturated rings. The Morgan fingerprint density at radius 3 is 2.20 bits per heavy atom. The topological polar surface area (TPSA) is 153 Å². The number of benzene rings is 3. The molecule has 1 saturated heterocycles. The molecule has 0 saturated carbocycles. The van der Waals surface area contributed by atoms with Crippen molar-refractivity contribution >= 4 is 56.9 Å². The number of ether oxygens (including phenoxy) is 5. The van der Waals surface area contributed by atoms with Crippen molar-refractivity contribution in [1.29, 1.82) is 0 Å². The Bertz CT molecular complexity index is 2760. The highest BCUT2D eigenvalue weighted by Crippen LogP contribution is 2.39. The summed E-state index contributed by atoms with van der Waals surface area (Å²) in [6.07, 6.45) is 12.4. The minimum Gasteiger partial charge on any atom is -0.494 e. The highest BCUT2D eigenvalue weighted by molar-refractivity contribution is 8.76. The van der Waals surface area contributed by atoms with E-state index in [0.29, 0.717) is 68.0 Å². The summed E-state index contributed by atoms with van der Waals surface area (Å²) >= 11 is 0. The van der Waals surface area contributed by atoms with Crippen LogP contribution >= 0.6 is 21.6 Å². The Kier molecular flexibility index (Phi) is 15.0. The van der Waals surface area contributed by atoms with Crippen LogP contribution < -0.4 is 25.2 Å². The molecular formula is C54H56N6O8S2. The number of aliphatic imine (C=N–C) groups is 1. The third-order valence-electron chi connectivity index (χ3n) is 13.2. The van der Waals surface area contributed by atoms with Gasteiger partial charge in [0, 0.05) is 75.4 Å². The van der Waals surface area contributed by atoms with Crippen LogP contribution in [0.25, 0.3) is 0 Å². The quantitative estimate of drug-likeness (QED) is 0.0720. The molecule has 6 aliphatic rings. The maximum absolute atomic E-state index is 14.1. The first kappa shape index (κ1) is 47.7. The summed E-state index contributed by atoms with van der Waals surface area (Å²) in [6.45, 7) is 2.03. The van der Waals surface area contributed by atoms with E-state index in [-0.39, 0.29) is 43.0 Å². The zero-order valence-electron chi connectivity index (χ0n) is 39.2. The summed E-state index contributed by atoms with van der Waals surface area (Å²) in [7, 11) is 6.50. The minimum absolute atomic E-state index is 0.00965. The van der Waals surface area contributed by atoms with Crippen molar-refractivity contribution in [1.82, 2.24) is 15.6 Å². The first-order valence-corrected chi connectivity index (χ1v) is 26.2. The van der Waals surface area contributed by atoms with Crippen molar-refractivity contribution in [2.45, 2.75) is 86.8 Å². The number of aromatic nitrogens is 1. The number of nitrogens with zero attached hydrogens (tertiary/aromatic N) is 4. The molecule has 10 rings (SSSR count). The van der Waals surface area contributed by atoms with Crippen molar-refractivity contribution < 1.29 is 38.1 Å². The molecule has 70 heavy (non-hydrogen) atoms. The Morgan fingerprint density at radius 2 is 1.46 bits per heavy atom. The molecule has 4 aliphatic heterocycles. The number of rotatable bonds is 19. The highest BCUT2D eigenvalue weighted by Gasteiger charge is 2.42. The number of unbranched alkanes of at least 4 members (excludes halogenated alkanes) is 1. The second kappa shape index (κ2) is 22.0. The van der Waals surface area contributed by atoms with E-state index < -0.39 is 24.4 Å². The molecule has 2 N–H and O–H groups in total. The number of hydrogen-bond acceptors (Lipinski definition) is 13. The van der Waals surface area contributed by atoms with Crippen LogP contribution in [0.4, 0.5) is 11.4 Å². The van der Waals surface area contributed by atoms with Crippen molar-refractivity contribution in [3.8, 4) is 5.75 Å². The molecule has 1 aromatic heterocycles. The maximum Gasteiger partial charge on any atom is 0.260 e. The SMILES string of the molecule is COC1C=C2C(=O)N3c4ccccc4C[C@H]3C=NC2=CC1OCc1cc(COC2C=C3NC[C@@H]4Cc5ccccc5N4C(=O)C3=CC2OC)cc(OCCCCC(=O)NCCSSc2ccccn2)c1. The van der Waals surface area contributed by atoms with Gasteiger partial charge in [-0.2, -0.15) is 0 Å². The second-order valence-electron chi connectivity index (χ2n) is 17.9. The van der Waals surface area contributed by atoms with Gasteiger partial charge in [0.05, 0.1) is 48.7 Å². The van der Waals surface area contributed by atoms with Crippen LogP contribution in [0.5, 0.6) is 5.75 Å². The first-order valence-electron chi connectivity index (χ1n) is 23.8. The average Bonchev–Trinajstić information content (AvgIpc) is 3.88. The number of para-hydroxylation sites is 2. The van der Waals surface area contributed by atoms with E-state index >= 15 is 0 Å². The summed E-state index contributed by atoms with van der Waals surface area (Å²) in [5, 5.41) is 7.50. The Morgan fingerprint density at radius 1 is 0.771 bits per heavy atom. The van der Waals surface area contributed by atoms with Crippen LogP contribution in [-0.2, 0) is 59.4 Å². The molecule has 0 bridgehead atoms. The monoisotopic (exact) mass is 980 g/mol. The third-order valence-corrected chi connectivity index (χ3v) is 15.5. The minimum atomic E-state index is -0.533. The van der Waals surface area contributed by atoms with Gasteiger partial charge in [0.25, 0.3) is 11.8 Å². The summed E-state index contributed by atoms with van der Waals surface area (Å²) in [5.41, 5.74) is 8.23. The van der Waals surface area contributed by atoms with Crippen molar-refractivity contribution in [2.75, 3.05) is 49.5 Å². The first-order chi connectivity index (χ1) is 34.3. The Labute approximate surface area is 416 Å². The fourth-order valence-electron chi connectivity index (χ4n) is 9.81. The molecular weight excluding hydrogens is 925 g/mol. The molecule has 4 aromatic rings. The van der Waals surface area contributed by atoms with E-state index in [9.17, 15) is 14.4 Å². The summed E-state index contributed by atoms with van der Waals surface area (Å²) in [4.78, 5) is 53.6. The third kappa shape index (κ3) is 10.5. The van der Waals surface area contributed by atoms with E-state index in [1.165, 1.54) is 5.56 Å². The van der Waals surface area contributed by atoms with Gasteiger partial charge in [0.15, 0.2) is 0 Å². The fraction of sp³-hybridized carbons (Fsp3) is 0.352. The van der Waals surface area contributed by atoms with Gasteiger partial charge in [-0.25, -0.2) is 4.98 Å². The standard InChI is InChI=1S/C54H56N6O8S2/c1-64-47-26-41-43(57-30-38-24-36-11-3-5-13-45(36)59(38)53(41)62)28-49(47)67-32-34-21-35(23-40(22-34)66-19-10-8-15-51(61)55-18-20-69-70-52-16-7-9-17-56-52)33-68-50-29-44-42(27-48(50)65-2)54(63)60-39(31-58-44)25-37-12-4-6-14-46(37)60/h3-7,9,11-14,16-17,21-23,26-30,38-39,47-50,58H,8,10,15,18-20,24-25,31-33H2,1-2H3,(H,55,61)/t38-,39-,47?,48?,49?,50?/m0/s1. The largest absolute Gasteiger partial charge is 0.494 e. The Hall–Kier alpha value is -6.01. The number of amides is 3. The molecule has 3 aromatic carbocycles. The van der Waals surface area contributed by atoms with Crippen LogP contribution in [-0.4, -0.2) is 105 Å². The molecule has 4 unspecified atom stereocenters. The molecule has 2 aliphatic carbocycles. The van der Waals surface area contributed by atoms with Gasteiger partial charge in [-0.3, -0.25) is 24.3 Å². The summed E-state index contributed by atoms with van der Waals surface area (Å²) in [5.74, 6) is 1.28. The molecule has 0 spiro atoms.